The van der Waals surface area contributed by atoms with E-state index in [9.17, 15) is 0 Å². The number of hydrogen-bond donors (Lipinski definition) is 0. The van der Waals surface area contributed by atoms with Crippen LogP contribution in [0, 0.1) is 20.8 Å². The number of benzene rings is 3. The molecule has 1 aliphatic carbocycles. The van der Waals surface area contributed by atoms with Gasteiger partial charge in [-0.25, -0.2) is 4.57 Å². The molecular weight excluding hydrogens is 350 g/mol. The normalized spacial score (nSPS) is 14.1. The smallest absolute Gasteiger partial charge is 0.200 e. The van der Waals surface area contributed by atoms with E-state index in [0.29, 0.717) is 0 Å². The Hall–Kier alpha value is -2.93. The van der Waals surface area contributed by atoms with E-state index in [1.807, 2.05) is 0 Å². The van der Waals surface area contributed by atoms with Gasteiger partial charge in [-0.05, 0) is 71.7 Å². The van der Waals surface area contributed by atoms with Gasteiger partial charge in [0.1, 0.15) is 7.05 Å². The number of aryl methyl sites for hydroxylation is 2. The van der Waals surface area contributed by atoms with E-state index in [-0.39, 0.29) is 5.41 Å². The number of aromatic nitrogens is 1. The van der Waals surface area contributed by atoms with Crippen molar-refractivity contribution < 1.29 is 4.57 Å². The highest BCUT2D eigenvalue weighted by Gasteiger charge is 2.37. The number of nitrogens with zero attached hydrogens (tertiary/aromatic N) is 1. The second-order valence-electron chi connectivity index (χ2n) is 9.13. The molecule has 4 aromatic rings. The van der Waals surface area contributed by atoms with E-state index in [2.05, 4.69) is 107 Å². The standard InChI is InChI=1S/C28H28N/c1-17-11-12-21-20(15-17)13-14-29(6)27(21)23-16-25-26(19(3)18(23)2)22-9-7-8-10-24(22)28(25,4)5/h7-16H,1-6H3/q+1. The lowest BCUT2D eigenvalue weighted by Gasteiger charge is -2.23. The van der Waals surface area contributed by atoms with Gasteiger partial charge in [0.2, 0.25) is 5.69 Å². The Bertz CT molecular complexity index is 1310. The Labute approximate surface area is 173 Å². The van der Waals surface area contributed by atoms with Gasteiger partial charge in [0.25, 0.3) is 0 Å². The third kappa shape index (κ3) is 2.43. The number of rotatable bonds is 1. The summed E-state index contributed by atoms with van der Waals surface area (Å²) in [5.41, 5.74) is 12.5. The molecule has 1 heteroatoms. The first-order chi connectivity index (χ1) is 13.8. The fourth-order valence-electron chi connectivity index (χ4n) is 5.22. The number of hydrogen-bond acceptors (Lipinski definition) is 0. The lowest BCUT2D eigenvalue weighted by molar-refractivity contribution is -0.659. The van der Waals surface area contributed by atoms with Crippen LogP contribution < -0.4 is 4.57 Å². The SMILES string of the molecule is Cc1ccc2c(-c3cc4c(c(C)c3C)-c3ccccc3C4(C)C)[n+](C)ccc2c1. The fourth-order valence-corrected chi connectivity index (χ4v) is 5.22. The first-order valence-corrected chi connectivity index (χ1v) is 10.4. The minimum absolute atomic E-state index is 0.0128. The van der Waals surface area contributed by atoms with Crippen LogP contribution in [0.3, 0.4) is 0 Å². The molecule has 0 fully saturated rings. The lowest BCUT2D eigenvalue weighted by atomic mass is 9.80. The van der Waals surface area contributed by atoms with E-state index < -0.39 is 0 Å². The van der Waals surface area contributed by atoms with Crippen LogP contribution in [0.2, 0.25) is 0 Å². The fraction of sp³-hybridized carbons (Fsp3) is 0.250. The average Bonchev–Trinajstić information content (AvgIpc) is 2.92. The van der Waals surface area contributed by atoms with Crippen molar-refractivity contribution in [2.75, 3.05) is 0 Å². The topological polar surface area (TPSA) is 3.88 Å². The Kier molecular flexibility index (Phi) is 3.77. The van der Waals surface area contributed by atoms with Crippen LogP contribution >= 0.6 is 0 Å². The van der Waals surface area contributed by atoms with Crippen LogP contribution in [0.25, 0.3) is 33.2 Å². The molecule has 3 aromatic carbocycles. The van der Waals surface area contributed by atoms with Crippen molar-refractivity contribution >= 4 is 10.8 Å². The van der Waals surface area contributed by atoms with Gasteiger partial charge in [-0.1, -0.05) is 55.8 Å². The quantitative estimate of drug-likeness (QED) is 0.330. The predicted molar refractivity (Wildman–Crippen MR) is 122 cm³/mol. The maximum Gasteiger partial charge on any atom is 0.220 e. The molecule has 0 saturated carbocycles. The van der Waals surface area contributed by atoms with Crippen molar-refractivity contribution in [2.45, 2.75) is 40.0 Å². The molecule has 0 atom stereocenters. The largest absolute Gasteiger partial charge is 0.220 e. The van der Waals surface area contributed by atoms with Gasteiger partial charge in [-0.15, -0.1) is 0 Å². The molecule has 0 aliphatic heterocycles. The minimum atomic E-state index is 0.0128. The van der Waals surface area contributed by atoms with E-state index in [1.165, 1.54) is 61.0 Å². The van der Waals surface area contributed by atoms with Crippen LogP contribution in [0.15, 0.2) is 60.8 Å². The summed E-state index contributed by atoms with van der Waals surface area (Å²) in [4.78, 5) is 0. The molecule has 0 N–H and O–H groups in total. The van der Waals surface area contributed by atoms with Crippen LogP contribution in [0.1, 0.15) is 41.7 Å². The van der Waals surface area contributed by atoms with Crippen molar-refractivity contribution in [1.29, 1.82) is 0 Å². The molecule has 0 amide bonds. The van der Waals surface area contributed by atoms with Gasteiger partial charge in [0.05, 0.1) is 10.9 Å². The van der Waals surface area contributed by atoms with E-state index in [1.54, 1.807) is 0 Å². The van der Waals surface area contributed by atoms with Crippen LogP contribution in [0.4, 0.5) is 0 Å². The lowest BCUT2D eigenvalue weighted by Crippen LogP contribution is -2.31. The van der Waals surface area contributed by atoms with Crippen LogP contribution in [-0.2, 0) is 12.5 Å². The third-order valence-corrected chi connectivity index (χ3v) is 6.99. The van der Waals surface area contributed by atoms with Gasteiger partial charge in [0, 0.05) is 11.5 Å². The van der Waals surface area contributed by atoms with Crippen molar-refractivity contribution in [3.8, 4) is 22.4 Å². The molecule has 0 spiro atoms. The molecule has 0 bridgehead atoms. The highest BCUT2D eigenvalue weighted by molar-refractivity contribution is 5.96. The molecule has 1 nitrogen and oxygen atoms in total. The molecule has 1 aliphatic rings. The van der Waals surface area contributed by atoms with Crippen LogP contribution in [0.5, 0.6) is 0 Å². The van der Waals surface area contributed by atoms with Crippen LogP contribution in [-0.4, -0.2) is 0 Å². The second kappa shape index (κ2) is 6.03. The highest BCUT2D eigenvalue weighted by Crippen LogP contribution is 2.52. The first-order valence-electron chi connectivity index (χ1n) is 10.4. The number of pyridine rings is 1. The zero-order chi connectivity index (χ0) is 20.5. The molecule has 144 valence electrons. The molecule has 1 aromatic heterocycles. The molecule has 0 unspecified atom stereocenters. The van der Waals surface area contributed by atoms with Gasteiger partial charge < -0.3 is 0 Å². The number of fused-ring (bicyclic) bond motifs is 4. The Balaban J connectivity index is 1.88. The molecular formula is C28H28N+. The minimum Gasteiger partial charge on any atom is -0.200 e. The van der Waals surface area contributed by atoms with E-state index >= 15 is 0 Å². The molecule has 1 heterocycles. The molecule has 0 saturated heterocycles. The van der Waals surface area contributed by atoms with Crippen molar-refractivity contribution in [2.24, 2.45) is 7.05 Å². The molecule has 0 radical (unpaired) electrons. The van der Waals surface area contributed by atoms with Crippen molar-refractivity contribution in [3.63, 3.8) is 0 Å². The highest BCUT2D eigenvalue weighted by atomic mass is 14.9. The zero-order valence-corrected chi connectivity index (χ0v) is 18.2. The third-order valence-electron chi connectivity index (χ3n) is 6.99. The summed E-state index contributed by atoms with van der Waals surface area (Å²) in [5.74, 6) is 0. The Morgan fingerprint density at radius 3 is 2.31 bits per heavy atom. The summed E-state index contributed by atoms with van der Waals surface area (Å²) in [6.07, 6.45) is 2.19. The first kappa shape index (κ1) is 18.1. The average molecular weight is 379 g/mol. The molecule has 5 rings (SSSR count). The summed E-state index contributed by atoms with van der Waals surface area (Å²) in [6, 6.07) is 20.4. The summed E-state index contributed by atoms with van der Waals surface area (Å²) < 4.78 is 2.28. The second-order valence-corrected chi connectivity index (χ2v) is 9.13. The van der Waals surface area contributed by atoms with Gasteiger partial charge >= 0.3 is 0 Å². The predicted octanol–water partition coefficient (Wildman–Crippen LogP) is 6.56. The van der Waals surface area contributed by atoms with Crippen molar-refractivity contribution in [1.82, 2.24) is 0 Å². The summed E-state index contributed by atoms with van der Waals surface area (Å²) >= 11 is 0. The Morgan fingerprint density at radius 1 is 0.759 bits per heavy atom. The zero-order valence-electron chi connectivity index (χ0n) is 18.2. The maximum absolute atomic E-state index is 2.46. The monoisotopic (exact) mass is 378 g/mol. The summed E-state index contributed by atoms with van der Waals surface area (Å²) in [6.45, 7) is 11.5. The van der Waals surface area contributed by atoms with Gasteiger partial charge in [-0.2, -0.15) is 0 Å². The Morgan fingerprint density at radius 2 is 1.52 bits per heavy atom. The molecule has 29 heavy (non-hydrogen) atoms. The van der Waals surface area contributed by atoms with Gasteiger partial charge in [-0.3, -0.25) is 0 Å². The summed E-state index contributed by atoms with van der Waals surface area (Å²) in [5, 5.41) is 2.62. The van der Waals surface area contributed by atoms with Gasteiger partial charge in [0.15, 0.2) is 6.20 Å². The van der Waals surface area contributed by atoms with E-state index in [4.69, 9.17) is 0 Å². The summed E-state index contributed by atoms with van der Waals surface area (Å²) in [7, 11) is 2.16. The van der Waals surface area contributed by atoms with Crippen molar-refractivity contribution in [3.05, 3.63) is 88.6 Å². The van der Waals surface area contributed by atoms with E-state index in [0.717, 1.165) is 0 Å². The maximum atomic E-state index is 2.46.